The summed E-state index contributed by atoms with van der Waals surface area (Å²) in [5, 5.41) is 0. The lowest BCUT2D eigenvalue weighted by molar-refractivity contribution is 0.478. The first kappa shape index (κ1) is 12.4. The molecule has 0 amide bonds. The molecule has 2 heterocycles. The van der Waals surface area contributed by atoms with Gasteiger partial charge in [0.1, 0.15) is 5.82 Å². The van der Waals surface area contributed by atoms with Gasteiger partial charge in [0.15, 0.2) is 9.84 Å². The Bertz CT molecular complexity index is 504. The van der Waals surface area contributed by atoms with Crippen LogP contribution in [-0.2, 0) is 9.84 Å². The van der Waals surface area contributed by atoms with Gasteiger partial charge in [0, 0.05) is 12.2 Å². The Morgan fingerprint density at radius 1 is 1.53 bits per heavy atom. The Morgan fingerprint density at radius 2 is 2.29 bits per heavy atom. The SMILES string of the molecule is NC(CC1CCS(=O)(=O)C1)c1cncc(F)c1. The van der Waals surface area contributed by atoms with Crippen molar-refractivity contribution in [2.45, 2.75) is 18.9 Å². The molecule has 0 aromatic carbocycles. The maximum absolute atomic E-state index is 13.0. The predicted octanol–water partition coefficient (Wildman–Crippen LogP) is 1.05. The van der Waals surface area contributed by atoms with E-state index in [1.165, 1.54) is 12.3 Å². The molecule has 4 nitrogen and oxygen atoms in total. The zero-order chi connectivity index (χ0) is 12.5. The van der Waals surface area contributed by atoms with Crippen LogP contribution in [0, 0.1) is 11.7 Å². The van der Waals surface area contributed by atoms with Crippen molar-refractivity contribution in [3.8, 4) is 0 Å². The van der Waals surface area contributed by atoms with E-state index in [2.05, 4.69) is 4.98 Å². The molecule has 0 aliphatic carbocycles. The van der Waals surface area contributed by atoms with Crippen LogP contribution in [0.5, 0.6) is 0 Å². The molecule has 0 spiro atoms. The van der Waals surface area contributed by atoms with Crippen LogP contribution in [0.3, 0.4) is 0 Å². The molecule has 2 rings (SSSR count). The number of nitrogens with zero attached hydrogens (tertiary/aromatic N) is 1. The van der Waals surface area contributed by atoms with Crippen molar-refractivity contribution in [2.24, 2.45) is 11.7 Å². The quantitative estimate of drug-likeness (QED) is 0.879. The second-order valence-electron chi connectivity index (χ2n) is 4.55. The van der Waals surface area contributed by atoms with E-state index in [0.29, 0.717) is 18.4 Å². The molecule has 2 unspecified atom stereocenters. The number of nitrogens with two attached hydrogens (primary N) is 1. The zero-order valence-electron chi connectivity index (χ0n) is 9.34. The Morgan fingerprint density at radius 3 is 2.88 bits per heavy atom. The van der Waals surface area contributed by atoms with Crippen molar-refractivity contribution in [2.75, 3.05) is 11.5 Å². The van der Waals surface area contributed by atoms with E-state index >= 15 is 0 Å². The van der Waals surface area contributed by atoms with E-state index in [4.69, 9.17) is 5.73 Å². The number of hydrogen-bond donors (Lipinski definition) is 1. The Hall–Kier alpha value is -1.01. The summed E-state index contributed by atoms with van der Waals surface area (Å²) >= 11 is 0. The van der Waals surface area contributed by atoms with Crippen LogP contribution in [0.2, 0.25) is 0 Å². The van der Waals surface area contributed by atoms with Gasteiger partial charge in [-0.3, -0.25) is 4.98 Å². The summed E-state index contributed by atoms with van der Waals surface area (Å²) in [7, 11) is -2.88. The molecule has 0 bridgehead atoms. The molecule has 6 heteroatoms. The minimum atomic E-state index is -2.88. The third-order valence-corrected chi connectivity index (χ3v) is 4.91. The average Bonchev–Trinajstić information content (AvgIpc) is 2.58. The van der Waals surface area contributed by atoms with Crippen LogP contribution in [0.1, 0.15) is 24.4 Å². The standard InChI is InChI=1S/C11H15FN2O2S/c12-10-4-9(5-14-6-10)11(13)3-8-1-2-17(15,16)7-8/h4-6,8,11H,1-3,7,13H2. The largest absolute Gasteiger partial charge is 0.324 e. The summed E-state index contributed by atoms with van der Waals surface area (Å²) in [6, 6.07) is 0.998. The van der Waals surface area contributed by atoms with Crippen molar-refractivity contribution in [3.63, 3.8) is 0 Å². The minimum Gasteiger partial charge on any atom is -0.324 e. The summed E-state index contributed by atoms with van der Waals surface area (Å²) in [5.74, 6) is 0.102. The monoisotopic (exact) mass is 258 g/mol. The van der Waals surface area contributed by atoms with Gasteiger partial charge >= 0.3 is 0 Å². The number of halogens is 1. The molecule has 2 atom stereocenters. The van der Waals surface area contributed by atoms with Gasteiger partial charge in [-0.05, 0) is 30.4 Å². The second-order valence-corrected chi connectivity index (χ2v) is 6.78. The number of sulfone groups is 1. The molecular weight excluding hydrogens is 243 g/mol. The molecule has 1 aliphatic heterocycles. The predicted molar refractivity (Wildman–Crippen MR) is 62.5 cm³/mol. The fourth-order valence-corrected chi connectivity index (χ4v) is 4.06. The molecule has 0 saturated carbocycles. The van der Waals surface area contributed by atoms with Crippen LogP contribution in [0.4, 0.5) is 4.39 Å². The van der Waals surface area contributed by atoms with Crippen molar-refractivity contribution in [1.82, 2.24) is 4.98 Å². The first-order valence-corrected chi connectivity index (χ1v) is 7.35. The lowest BCUT2D eigenvalue weighted by atomic mass is 9.96. The fraction of sp³-hybridized carbons (Fsp3) is 0.545. The van der Waals surface area contributed by atoms with Gasteiger partial charge in [0.2, 0.25) is 0 Å². The van der Waals surface area contributed by atoms with Gasteiger partial charge in [-0.25, -0.2) is 12.8 Å². The third kappa shape index (κ3) is 3.23. The summed E-state index contributed by atoms with van der Waals surface area (Å²) < 4.78 is 35.6. The van der Waals surface area contributed by atoms with Crippen LogP contribution >= 0.6 is 0 Å². The number of hydrogen-bond acceptors (Lipinski definition) is 4. The van der Waals surface area contributed by atoms with Crippen molar-refractivity contribution in [3.05, 3.63) is 29.8 Å². The van der Waals surface area contributed by atoms with Crippen LogP contribution in [-0.4, -0.2) is 24.9 Å². The first-order chi connectivity index (χ1) is 7.96. The van der Waals surface area contributed by atoms with Gasteiger partial charge < -0.3 is 5.73 Å². The zero-order valence-corrected chi connectivity index (χ0v) is 10.2. The topological polar surface area (TPSA) is 73.1 Å². The van der Waals surface area contributed by atoms with E-state index in [9.17, 15) is 12.8 Å². The highest BCUT2D eigenvalue weighted by Gasteiger charge is 2.29. The highest BCUT2D eigenvalue weighted by molar-refractivity contribution is 7.91. The van der Waals surface area contributed by atoms with Crippen molar-refractivity contribution in [1.29, 1.82) is 0 Å². The molecule has 1 aromatic heterocycles. The maximum Gasteiger partial charge on any atom is 0.150 e. The number of rotatable bonds is 3. The van der Waals surface area contributed by atoms with E-state index in [-0.39, 0.29) is 23.5 Å². The molecule has 2 N–H and O–H groups in total. The molecule has 94 valence electrons. The van der Waals surface area contributed by atoms with Crippen molar-refractivity contribution >= 4 is 9.84 Å². The van der Waals surface area contributed by atoms with Gasteiger partial charge in [0.05, 0.1) is 17.7 Å². The van der Waals surface area contributed by atoms with Gasteiger partial charge in [-0.2, -0.15) is 0 Å². The molecule has 1 aliphatic rings. The Balaban J connectivity index is 2.00. The molecule has 0 radical (unpaired) electrons. The average molecular weight is 258 g/mol. The van der Waals surface area contributed by atoms with Crippen molar-refractivity contribution < 1.29 is 12.8 Å². The second kappa shape index (κ2) is 4.70. The number of pyridine rings is 1. The normalized spacial score (nSPS) is 24.7. The lowest BCUT2D eigenvalue weighted by Gasteiger charge is -2.15. The summed E-state index contributed by atoms with van der Waals surface area (Å²) in [5.41, 5.74) is 6.55. The van der Waals surface area contributed by atoms with Crippen LogP contribution in [0.25, 0.3) is 0 Å². The smallest absolute Gasteiger partial charge is 0.150 e. The molecular formula is C11H15FN2O2S. The highest BCUT2D eigenvalue weighted by atomic mass is 32.2. The third-order valence-electron chi connectivity index (χ3n) is 3.07. The Kier molecular flexibility index (Phi) is 3.44. The van der Waals surface area contributed by atoms with Gasteiger partial charge in [-0.1, -0.05) is 0 Å². The van der Waals surface area contributed by atoms with Crippen LogP contribution < -0.4 is 5.73 Å². The fourth-order valence-electron chi connectivity index (χ4n) is 2.18. The molecule has 17 heavy (non-hydrogen) atoms. The van der Waals surface area contributed by atoms with E-state index < -0.39 is 15.7 Å². The highest BCUT2D eigenvalue weighted by Crippen LogP contribution is 2.27. The number of aromatic nitrogens is 1. The van der Waals surface area contributed by atoms with E-state index in [0.717, 1.165) is 6.20 Å². The minimum absolute atomic E-state index is 0.0817. The summed E-state index contributed by atoms with van der Waals surface area (Å²) in [6.45, 7) is 0. The van der Waals surface area contributed by atoms with E-state index in [1.54, 1.807) is 0 Å². The summed E-state index contributed by atoms with van der Waals surface area (Å²) in [4.78, 5) is 3.74. The summed E-state index contributed by atoms with van der Waals surface area (Å²) in [6.07, 6.45) is 3.86. The van der Waals surface area contributed by atoms with Gasteiger partial charge in [-0.15, -0.1) is 0 Å². The van der Waals surface area contributed by atoms with Gasteiger partial charge in [0.25, 0.3) is 0 Å². The maximum atomic E-state index is 13.0. The Labute approximate surface area is 100.0 Å². The molecule has 1 aromatic rings. The van der Waals surface area contributed by atoms with Crippen LogP contribution in [0.15, 0.2) is 18.5 Å². The first-order valence-electron chi connectivity index (χ1n) is 5.53. The van der Waals surface area contributed by atoms with E-state index in [1.807, 2.05) is 0 Å². The molecule has 1 saturated heterocycles. The molecule has 1 fully saturated rings. The lowest BCUT2D eigenvalue weighted by Crippen LogP contribution is -2.16.